The van der Waals surface area contributed by atoms with Crippen molar-refractivity contribution < 1.29 is 13.2 Å². The predicted octanol–water partition coefficient (Wildman–Crippen LogP) is 4.28. The summed E-state index contributed by atoms with van der Waals surface area (Å²) in [5, 5.41) is 4.84. The number of thiazole rings is 1. The molecule has 0 aliphatic rings. The second-order valence-electron chi connectivity index (χ2n) is 5.62. The Kier molecular flexibility index (Phi) is 6.25. The van der Waals surface area contributed by atoms with Crippen molar-refractivity contribution in [3.05, 3.63) is 70.1 Å². The number of amides is 1. The molecule has 2 N–H and O–H groups in total. The molecule has 3 rings (SSSR count). The number of sulfonamides is 1. The molecule has 0 saturated carbocycles. The highest BCUT2D eigenvalue weighted by atomic mass is 79.9. The van der Waals surface area contributed by atoms with Crippen LogP contribution in [0.3, 0.4) is 0 Å². The largest absolute Gasteiger partial charge is 0.326 e. The Morgan fingerprint density at radius 2 is 1.89 bits per heavy atom. The average molecular weight is 466 g/mol. The minimum absolute atomic E-state index is 0.132. The van der Waals surface area contributed by atoms with Crippen molar-refractivity contribution in [2.24, 2.45) is 0 Å². The van der Waals surface area contributed by atoms with Crippen LogP contribution in [-0.2, 0) is 21.2 Å². The summed E-state index contributed by atoms with van der Waals surface area (Å²) in [5.74, 6) is -0.132. The first-order valence-electron chi connectivity index (χ1n) is 8.00. The Labute approximate surface area is 169 Å². The summed E-state index contributed by atoms with van der Waals surface area (Å²) in [6, 6.07) is 15.4. The number of hydrogen-bond donors (Lipinski definition) is 2. The fourth-order valence-corrected chi connectivity index (χ4v) is 4.69. The number of rotatable bonds is 7. The number of anilines is 2. The lowest BCUT2D eigenvalue weighted by molar-refractivity contribution is -0.116. The van der Waals surface area contributed by atoms with E-state index in [0.717, 1.165) is 4.47 Å². The summed E-state index contributed by atoms with van der Waals surface area (Å²) in [4.78, 5) is 16.5. The summed E-state index contributed by atoms with van der Waals surface area (Å²) in [6.07, 6.45) is 0.671. The molecule has 6 nitrogen and oxygen atoms in total. The predicted molar refractivity (Wildman–Crippen MR) is 110 cm³/mol. The van der Waals surface area contributed by atoms with Gasteiger partial charge in [0.25, 0.3) is 10.0 Å². The Balaban J connectivity index is 1.56. The van der Waals surface area contributed by atoms with Gasteiger partial charge in [0, 0.05) is 22.0 Å². The third-order valence-electron chi connectivity index (χ3n) is 3.54. The lowest BCUT2D eigenvalue weighted by Gasteiger charge is -2.05. The monoisotopic (exact) mass is 465 g/mol. The van der Waals surface area contributed by atoms with Crippen LogP contribution in [0.15, 0.2) is 69.3 Å². The van der Waals surface area contributed by atoms with Gasteiger partial charge in [-0.15, -0.1) is 11.3 Å². The minimum Gasteiger partial charge on any atom is -0.326 e. The van der Waals surface area contributed by atoms with E-state index in [1.54, 1.807) is 23.6 Å². The van der Waals surface area contributed by atoms with E-state index >= 15 is 0 Å². The van der Waals surface area contributed by atoms with Crippen LogP contribution in [0.4, 0.5) is 10.8 Å². The molecule has 27 heavy (non-hydrogen) atoms. The van der Waals surface area contributed by atoms with Gasteiger partial charge in [0.15, 0.2) is 5.13 Å². The van der Waals surface area contributed by atoms with Crippen LogP contribution >= 0.6 is 27.3 Å². The van der Waals surface area contributed by atoms with Gasteiger partial charge in [-0.25, -0.2) is 13.4 Å². The second kappa shape index (κ2) is 8.64. The highest BCUT2D eigenvalue weighted by Gasteiger charge is 2.16. The minimum atomic E-state index is -3.66. The summed E-state index contributed by atoms with van der Waals surface area (Å²) >= 11 is 4.54. The van der Waals surface area contributed by atoms with Crippen molar-refractivity contribution in [3.8, 4) is 0 Å². The van der Waals surface area contributed by atoms with E-state index < -0.39 is 10.0 Å². The molecule has 0 radical (unpaired) electrons. The van der Waals surface area contributed by atoms with Gasteiger partial charge in [0.05, 0.1) is 10.6 Å². The molecule has 0 aliphatic heterocycles. The van der Waals surface area contributed by atoms with Gasteiger partial charge in [-0.3, -0.25) is 9.52 Å². The number of aromatic nitrogens is 1. The van der Waals surface area contributed by atoms with Crippen LogP contribution in [0.1, 0.15) is 12.1 Å². The lowest BCUT2D eigenvalue weighted by Crippen LogP contribution is -2.13. The SMILES string of the molecule is O=C(CCc1csc(NS(=O)(=O)c2ccccc2)n1)Nc1cccc(Br)c1. The smallest absolute Gasteiger partial charge is 0.263 e. The maximum Gasteiger partial charge on any atom is 0.263 e. The van der Waals surface area contributed by atoms with Crippen molar-refractivity contribution in [1.29, 1.82) is 0 Å². The van der Waals surface area contributed by atoms with E-state index in [4.69, 9.17) is 0 Å². The third-order valence-corrected chi connectivity index (χ3v) is 6.33. The Morgan fingerprint density at radius 1 is 1.11 bits per heavy atom. The summed E-state index contributed by atoms with van der Waals surface area (Å²) in [7, 11) is -3.66. The summed E-state index contributed by atoms with van der Waals surface area (Å²) in [5.41, 5.74) is 1.37. The molecule has 0 atom stereocenters. The van der Waals surface area contributed by atoms with E-state index in [9.17, 15) is 13.2 Å². The Bertz CT molecular complexity index is 1040. The lowest BCUT2D eigenvalue weighted by atomic mass is 10.2. The fraction of sp³-hybridized carbons (Fsp3) is 0.111. The molecule has 1 amide bonds. The molecule has 3 aromatic rings. The summed E-state index contributed by atoms with van der Waals surface area (Å²) in [6.45, 7) is 0. The van der Waals surface area contributed by atoms with E-state index in [1.165, 1.54) is 23.5 Å². The van der Waals surface area contributed by atoms with Crippen molar-refractivity contribution in [2.45, 2.75) is 17.7 Å². The number of halogens is 1. The number of nitrogens with zero attached hydrogens (tertiary/aromatic N) is 1. The maximum absolute atomic E-state index is 12.3. The zero-order chi connectivity index (χ0) is 19.3. The highest BCUT2D eigenvalue weighted by Crippen LogP contribution is 2.21. The average Bonchev–Trinajstić information content (AvgIpc) is 3.07. The third kappa shape index (κ3) is 5.62. The summed E-state index contributed by atoms with van der Waals surface area (Å²) < 4.78 is 27.9. The van der Waals surface area contributed by atoms with Crippen LogP contribution in [-0.4, -0.2) is 19.3 Å². The zero-order valence-electron chi connectivity index (χ0n) is 14.1. The number of benzene rings is 2. The van der Waals surface area contributed by atoms with Gasteiger partial charge in [-0.1, -0.05) is 40.2 Å². The zero-order valence-corrected chi connectivity index (χ0v) is 17.3. The molecule has 9 heteroatoms. The topological polar surface area (TPSA) is 88.2 Å². The molecule has 0 fully saturated rings. The van der Waals surface area contributed by atoms with Crippen LogP contribution < -0.4 is 10.0 Å². The molecule has 1 heterocycles. The van der Waals surface area contributed by atoms with Crippen molar-refractivity contribution in [1.82, 2.24) is 4.98 Å². The Hall–Kier alpha value is -2.23. The molecule has 0 bridgehead atoms. The molecule has 1 aromatic heterocycles. The van der Waals surface area contributed by atoms with Crippen molar-refractivity contribution >= 4 is 54.0 Å². The molecular weight excluding hydrogens is 450 g/mol. The molecule has 0 unspecified atom stereocenters. The highest BCUT2D eigenvalue weighted by molar-refractivity contribution is 9.10. The first-order chi connectivity index (χ1) is 12.9. The van der Waals surface area contributed by atoms with Crippen molar-refractivity contribution in [2.75, 3.05) is 10.0 Å². The first kappa shape index (κ1) is 19.5. The van der Waals surface area contributed by atoms with E-state index in [0.29, 0.717) is 17.8 Å². The molecule has 140 valence electrons. The number of carbonyl (C=O) groups is 1. The van der Waals surface area contributed by atoms with E-state index in [2.05, 4.69) is 31.0 Å². The van der Waals surface area contributed by atoms with Crippen molar-refractivity contribution in [3.63, 3.8) is 0 Å². The van der Waals surface area contributed by atoms with Crippen LogP contribution in [0, 0.1) is 0 Å². The second-order valence-corrected chi connectivity index (χ2v) is 9.08. The maximum atomic E-state index is 12.3. The standard InChI is InChI=1S/C18H16BrN3O3S2/c19-13-5-4-6-14(11-13)20-17(23)10-9-15-12-26-18(21-15)22-27(24,25)16-7-2-1-3-8-16/h1-8,11-12H,9-10H2,(H,20,23)(H,21,22). The Morgan fingerprint density at radius 3 is 2.63 bits per heavy atom. The van der Waals surface area contributed by atoms with Gasteiger partial charge >= 0.3 is 0 Å². The molecule has 0 aliphatic carbocycles. The normalized spacial score (nSPS) is 11.1. The number of nitrogens with one attached hydrogen (secondary N) is 2. The first-order valence-corrected chi connectivity index (χ1v) is 11.2. The quantitative estimate of drug-likeness (QED) is 0.544. The van der Waals surface area contributed by atoms with Crippen LogP contribution in [0.2, 0.25) is 0 Å². The number of aryl methyl sites for hydroxylation is 1. The van der Waals surface area contributed by atoms with Gasteiger partial charge in [-0.05, 0) is 36.8 Å². The fourth-order valence-electron chi connectivity index (χ4n) is 2.27. The van der Waals surface area contributed by atoms with Crippen LogP contribution in [0.25, 0.3) is 0 Å². The van der Waals surface area contributed by atoms with Crippen LogP contribution in [0.5, 0.6) is 0 Å². The van der Waals surface area contributed by atoms with Gasteiger partial charge in [0.1, 0.15) is 0 Å². The van der Waals surface area contributed by atoms with E-state index in [-0.39, 0.29) is 22.4 Å². The van der Waals surface area contributed by atoms with Gasteiger partial charge < -0.3 is 5.32 Å². The molecule has 0 saturated heterocycles. The molecular formula is C18H16BrN3O3S2. The van der Waals surface area contributed by atoms with E-state index in [1.807, 2.05) is 24.3 Å². The molecule has 2 aromatic carbocycles. The van der Waals surface area contributed by atoms with Gasteiger partial charge in [-0.2, -0.15) is 0 Å². The molecule has 0 spiro atoms. The number of hydrogen-bond acceptors (Lipinski definition) is 5. The number of carbonyl (C=O) groups excluding carboxylic acids is 1. The van der Waals surface area contributed by atoms with Gasteiger partial charge in [0.2, 0.25) is 5.91 Å².